The molecule has 7 heteroatoms. The highest BCUT2D eigenvalue weighted by molar-refractivity contribution is 7.78. The van der Waals surface area contributed by atoms with Crippen molar-refractivity contribution in [2.45, 2.75) is 71.8 Å². The topological polar surface area (TPSA) is 43.4 Å². The number of pyridine rings is 1. The lowest BCUT2D eigenvalue weighted by molar-refractivity contribution is -0.159. The van der Waals surface area contributed by atoms with E-state index in [4.69, 9.17) is 26.1 Å². The largest absolute Gasteiger partial charge is 0.347 e. The van der Waals surface area contributed by atoms with Crippen molar-refractivity contribution < 1.29 is 9.47 Å². The summed E-state index contributed by atoms with van der Waals surface area (Å²) in [6, 6.07) is 12.6. The van der Waals surface area contributed by atoms with Gasteiger partial charge in [0.2, 0.25) is 0 Å². The minimum Gasteiger partial charge on any atom is -0.347 e. The minimum atomic E-state index is -0.598. The van der Waals surface area contributed by atoms with Gasteiger partial charge in [-0.15, -0.1) is 11.3 Å². The maximum Gasteiger partial charge on any atom is 0.164 e. The zero-order valence-corrected chi connectivity index (χ0v) is 24.9. The van der Waals surface area contributed by atoms with Crippen LogP contribution in [0.25, 0.3) is 21.3 Å². The number of allylic oxidation sites excluding steroid dienone is 2. The van der Waals surface area contributed by atoms with Crippen molar-refractivity contribution in [1.29, 1.82) is 0 Å². The molecule has 4 nitrogen and oxygen atoms in total. The summed E-state index contributed by atoms with van der Waals surface area (Å²) in [5.74, 6) is 0.235. The van der Waals surface area contributed by atoms with E-state index in [1.165, 1.54) is 15.0 Å². The number of fused-ring (bicyclic) bond motifs is 1. The second-order valence-corrected chi connectivity index (χ2v) is 12.7. The van der Waals surface area contributed by atoms with Gasteiger partial charge < -0.3 is 9.47 Å². The first kappa shape index (κ1) is 28.3. The third-order valence-electron chi connectivity index (χ3n) is 6.24. The summed E-state index contributed by atoms with van der Waals surface area (Å²) < 4.78 is 16.5. The van der Waals surface area contributed by atoms with Crippen LogP contribution in [0.15, 0.2) is 65.4 Å². The predicted octanol–water partition coefficient (Wildman–Crippen LogP) is 8.94. The molecular formula is C30H37ClN2O2S2. The van der Waals surface area contributed by atoms with Crippen molar-refractivity contribution in [3.8, 4) is 11.3 Å². The summed E-state index contributed by atoms with van der Waals surface area (Å²) in [6.45, 7) is 13.0. The second kappa shape index (κ2) is 11.6. The highest BCUT2D eigenvalue weighted by Crippen LogP contribution is 2.43. The van der Waals surface area contributed by atoms with E-state index in [9.17, 15) is 0 Å². The van der Waals surface area contributed by atoms with Gasteiger partial charge in [-0.25, -0.2) is 0 Å². The quantitative estimate of drug-likeness (QED) is 0.308. The van der Waals surface area contributed by atoms with Crippen LogP contribution >= 0.6 is 35.8 Å². The third kappa shape index (κ3) is 6.49. The molecule has 0 amide bonds. The lowest BCUT2D eigenvalue weighted by atomic mass is 9.95. The predicted molar refractivity (Wildman–Crippen MR) is 160 cm³/mol. The molecule has 2 unspecified atom stereocenters. The molecule has 2 atom stereocenters. The number of nitrogens with zero attached hydrogens (tertiary/aromatic N) is 1. The van der Waals surface area contributed by atoms with Gasteiger partial charge in [-0.1, -0.05) is 75.5 Å². The molecule has 198 valence electrons. The SMILES string of the molecule is CC(C)C.CC1(C)OCC(C)(c2ccnc(-c3cccc4cc(C(NS)C5=C(Cl)CCC=C5)sc34)c2)O1. The first-order valence-corrected chi connectivity index (χ1v) is 14.5. The fourth-order valence-electron chi connectivity index (χ4n) is 4.58. The number of rotatable bonds is 5. The molecule has 0 radical (unpaired) electrons. The number of hydrogen-bond donors (Lipinski definition) is 2. The molecule has 3 aromatic rings. The molecule has 2 aromatic heterocycles. The van der Waals surface area contributed by atoms with Crippen molar-refractivity contribution >= 4 is 45.8 Å². The van der Waals surface area contributed by atoms with Gasteiger partial charge in [-0.3, -0.25) is 9.71 Å². The molecule has 1 fully saturated rings. The van der Waals surface area contributed by atoms with E-state index >= 15 is 0 Å². The van der Waals surface area contributed by atoms with Gasteiger partial charge in [-0.2, -0.15) is 0 Å². The van der Waals surface area contributed by atoms with Crippen molar-refractivity contribution in [2.24, 2.45) is 5.92 Å². The van der Waals surface area contributed by atoms with E-state index < -0.39 is 11.4 Å². The average molecular weight is 557 g/mol. The summed E-state index contributed by atoms with van der Waals surface area (Å²) in [5, 5.41) is 2.07. The first-order valence-electron chi connectivity index (χ1n) is 12.8. The Labute approximate surface area is 235 Å². The normalized spacial score (nSPS) is 21.9. The van der Waals surface area contributed by atoms with Crippen LogP contribution in [0.5, 0.6) is 0 Å². The summed E-state index contributed by atoms with van der Waals surface area (Å²) >= 11 is 12.8. The maximum atomic E-state index is 6.57. The van der Waals surface area contributed by atoms with Gasteiger partial charge >= 0.3 is 0 Å². The Bertz CT molecular complexity index is 1310. The van der Waals surface area contributed by atoms with Gasteiger partial charge in [0, 0.05) is 26.4 Å². The molecule has 1 N–H and O–H groups in total. The molecule has 1 saturated heterocycles. The highest BCUT2D eigenvalue weighted by atomic mass is 35.5. The Morgan fingerprint density at radius 2 is 1.89 bits per heavy atom. The molecule has 0 spiro atoms. The summed E-state index contributed by atoms with van der Waals surface area (Å²) in [4.78, 5) is 5.88. The van der Waals surface area contributed by atoms with E-state index in [0.717, 1.165) is 46.2 Å². The van der Waals surface area contributed by atoms with Gasteiger partial charge in [0.05, 0.1) is 18.3 Å². The summed E-state index contributed by atoms with van der Waals surface area (Å²) in [6.07, 6.45) is 7.98. The molecule has 0 saturated carbocycles. The summed E-state index contributed by atoms with van der Waals surface area (Å²) in [7, 11) is 0. The molecular weight excluding hydrogens is 520 g/mol. The fraction of sp³-hybridized carbons (Fsp3) is 0.433. The maximum absolute atomic E-state index is 6.57. The molecule has 37 heavy (non-hydrogen) atoms. The number of ether oxygens (including phenoxy) is 2. The second-order valence-electron chi connectivity index (χ2n) is 10.9. The first-order chi connectivity index (χ1) is 17.5. The summed E-state index contributed by atoms with van der Waals surface area (Å²) in [5.41, 5.74) is 3.66. The Morgan fingerprint density at radius 1 is 1.14 bits per heavy atom. The van der Waals surface area contributed by atoms with E-state index in [-0.39, 0.29) is 6.04 Å². The van der Waals surface area contributed by atoms with Crippen molar-refractivity contribution in [3.05, 3.63) is 75.8 Å². The molecule has 1 aliphatic heterocycles. The van der Waals surface area contributed by atoms with E-state index in [0.29, 0.717) is 6.61 Å². The van der Waals surface area contributed by atoms with Crippen LogP contribution in [0, 0.1) is 5.92 Å². The van der Waals surface area contributed by atoms with Crippen LogP contribution < -0.4 is 4.72 Å². The van der Waals surface area contributed by atoms with Crippen LogP contribution in [0.4, 0.5) is 0 Å². The number of hydrogen-bond acceptors (Lipinski definition) is 6. The van der Waals surface area contributed by atoms with Crippen molar-refractivity contribution in [3.63, 3.8) is 0 Å². The van der Waals surface area contributed by atoms with Crippen molar-refractivity contribution in [1.82, 2.24) is 9.71 Å². The molecule has 0 bridgehead atoms. The zero-order valence-electron chi connectivity index (χ0n) is 22.5. The Morgan fingerprint density at radius 3 is 2.54 bits per heavy atom. The molecule has 5 rings (SSSR count). The Balaban J connectivity index is 0.000000747. The van der Waals surface area contributed by atoms with Crippen LogP contribution in [0.2, 0.25) is 0 Å². The van der Waals surface area contributed by atoms with Gasteiger partial charge in [0.25, 0.3) is 0 Å². The smallest absolute Gasteiger partial charge is 0.164 e. The number of aromatic nitrogens is 1. The minimum absolute atomic E-state index is 0.0629. The zero-order chi connectivity index (χ0) is 26.8. The van der Waals surface area contributed by atoms with Crippen LogP contribution in [0.3, 0.4) is 0 Å². The molecule has 1 aromatic carbocycles. The van der Waals surface area contributed by atoms with Crippen LogP contribution in [-0.2, 0) is 15.1 Å². The Hall–Kier alpha value is -1.67. The number of benzene rings is 1. The van der Waals surface area contributed by atoms with E-state index in [1.54, 1.807) is 11.3 Å². The van der Waals surface area contributed by atoms with E-state index in [2.05, 4.69) is 87.7 Å². The number of nitrogens with one attached hydrogen (secondary N) is 1. The lowest BCUT2D eigenvalue weighted by Gasteiger charge is -2.25. The molecule has 2 aliphatic rings. The van der Waals surface area contributed by atoms with Crippen molar-refractivity contribution in [2.75, 3.05) is 6.61 Å². The van der Waals surface area contributed by atoms with E-state index in [1.807, 2.05) is 26.1 Å². The van der Waals surface area contributed by atoms with Crippen LogP contribution in [0.1, 0.15) is 70.9 Å². The lowest BCUT2D eigenvalue weighted by Crippen LogP contribution is -2.28. The van der Waals surface area contributed by atoms with Crippen LogP contribution in [-0.4, -0.2) is 17.4 Å². The monoisotopic (exact) mass is 556 g/mol. The van der Waals surface area contributed by atoms with Gasteiger partial charge in [-0.05, 0) is 74.3 Å². The highest BCUT2D eigenvalue weighted by Gasteiger charge is 2.43. The fourth-order valence-corrected chi connectivity index (χ4v) is 6.48. The third-order valence-corrected chi connectivity index (χ3v) is 8.16. The molecule has 1 aliphatic carbocycles. The standard InChI is InChI=1S/C26H27ClN2O2S2.C4H10/c1-25(2)30-15-26(3,31-25)17-11-12-28-21(14-17)19-9-6-7-16-13-22(33-24(16)19)23(29-32)18-8-4-5-10-20(18)27;1-4(2)3/h4,6-9,11-14,23,29,32H,5,10,15H2,1-3H3;4H,1-3H3. The van der Waals surface area contributed by atoms with Gasteiger partial charge in [0.1, 0.15) is 5.60 Å². The van der Waals surface area contributed by atoms with Gasteiger partial charge in [0.15, 0.2) is 5.79 Å². The number of thiol groups is 1. The number of halogens is 1. The number of thiophene rings is 1. The average Bonchev–Trinajstić information content (AvgIpc) is 3.40. The molecule has 3 heterocycles. The Kier molecular flexibility index (Phi) is 8.89.